The summed E-state index contributed by atoms with van der Waals surface area (Å²) in [6, 6.07) is 6.09. The Morgan fingerprint density at radius 3 is 2.81 bits per heavy atom. The van der Waals surface area contributed by atoms with Crippen LogP contribution in [0.3, 0.4) is 0 Å². The minimum absolute atomic E-state index is 0.295. The number of benzene rings is 1. The molecule has 2 aromatic rings. The molecule has 1 N–H and O–H groups in total. The van der Waals surface area contributed by atoms with Crippen LogP contribution in [0.5, 0.6) is 5.75 Å². The lowest BCUT2D eigenvalue weighted by atomic mass is 10.1. The third kappa shape index (κ3) is 3.39. The Bertz CT molecular complexity index is 665. The molecule has 21 heavy (non-hydrogen) atoms. The minimum Gasteiger partial charge on any atom is -0.487 e. The molecular formula is C15H18FN3O2. The molecule has 5 nitrogen and oxygen atoms in total. The van der Waals surface area contributed by atoms with Crippen molar-refractivity contribution in [3.05, 3.63) is 47.0 Å². The number of aromatic nitrogens is 2. The number of aryl methyl sites for hydroxylation is 2. The Morgan fingerprint density at radius 2 is 2.19 bits per heavy atom. The molecule has 0 saturated carbocycles. The number of ether oxygens (including phenoxy) is 1. The third-order valence-corrected chi connectivity index (χ3v) is 3.25. The predicted molar refractivity (Wildman–Crippen MR) is 77.3 cm³/mol. The van der Waals surface area contributed by atoms with Crippen LogP contribution in [0.2, 0.25) is 0 Å². The van der Waals surface area contributed by atoms with Crippen LogP contribution >= 0.6 is 0 Å². The summed E-state index contributed by atoms with van der Waals surface area (Å²) in [6.45, 7) is 3.92. The van der Waals surface area contributed by atoms with Crippen molar-refractivity contribution in [2.75, 3.05) is 0 Å². The van der Waals surface area contributed by atoms with Crippen molar-refractivity contribution >= 4 is 5.71 Å². The average molecular weight is 291 g/mol. The van der Waals surface area contributed by atoms with Gasteiger partial charge in [0.15, 0.2) is 0 Å². The van der Waals surface area contributed by atoms with E-state index in [1.807, 2.05) is 20.0 Å². The summed E-state index contributed by atoms with van der Waals surface area (Å²) < 4.78 is 20.8. The zero-order valence-electron chi connectivity index (χ0n) is 12.3. The lowest BCUT2D eigenvalue weighted by Gasteiger charge is -2.11. The van der Waals surface area contributed by atoms with E-state index in [0.29, 0.717) is 23.6 Å². The molecule has 0 aliphatic heterocycles. The second-order valence-electron chi connectivity index (χ2n) is 4.72. The van der Waals surface area contributed by atoms with Gasteiger partial charge in [0.1, 0.15) is 18.2 Å². The van der Waals surface area contributed by atoms with Gasteiger partial charge in [0.05, 0.1) is 17.1 Å². The maximum atomic E-state index is 13.3. The summed E-state index contributed by atoms with van der Waals surface area (Å²) in [5.74, 6) is 0.0556. The van der Waals surface area contributed by atoms with Gasteiger partial charge in [-0.15, -0.1) is 0 Å². The van der Waals surface area contributed by atoms with Gasteiger partial charge in [-0.3, -0.25) is 4.68 Å². The van der Waals surface area contributed by atoms with E-state index in [1.54, 1.807) is 11.6 Å². The van der Waals surface area contributed by atoms with Crippen molar-refractivity contribution < 1.29 is 14.3 Å². The van der Waals surface area contributed by atoms with Crippen LogP contribution in [-0.4, -0.2) is 20.7 Å². The molecule has 1 aromatic heterocycles. The number of nitrogens with zero attached hydrogens (tertiary/aromatic N) is 3. The van der Waals surface area contributed by atoms with Crippen LogP contribution in [0.15, 0.2) is 29.4 Å². The average Bonchev–Trinajstić information content (AvgIpc) is 2.85. The molecule has 112 valence electrons. The fraction of sp³-hybridized carbons (Fsp3) is 0.333. The van der Waals surface area contributed by atoms with Gasteiger partial charge in [-0.1, -0.05) is 12.1 Å². The Morgan fingerprint density at radius 1 is 1.43 bits per heavy atom. The molecule has 0 aliphatic carbocycles. The second kappa shape index (κ2) is 6.39. The molecule has 0 radical (unpaired) electrons. The molecular weight excluding hydrogens is 273 g/mol. The van der Waals surface area contributed by atoms with E-state index in [4.69, 9.17) is 9.94 Å². The van der Waals surface area contributed by atoms with Gasteiger partial charge in [0.25, 0.3) is 0 Å². The summed E-state index contributed by atoms with van der Waals surface area (Å²) in [7, 11) is 1.85. The molecule has 0 amide bonds. The highest BCUT2D eigenvalue weighted by molar-refractivity contribution is 6.00. The van der Waals surface area contributed by atoms with E-state index >= 15 is 0 Å². The Labute approximate surface area is 122 Å². The van der Waals surface area contributed by atoms with E-state index in [1.165, 1.54) is 18.2 Å². The van der Waals surface area contributed by atoms with Gasteiger partial charge in [-0.25, -0.2) is 4.39 Å². The van der Waals surface area contributed by atoms with Crippen molar-refractivity contribution in [1.82, 2.24) is 9.78 Å². The topological polar surface area (TPSA) is 59.6 Å². The predicted octanol–water partition coefficient (Wildman–Crippen LogP) is 2.90. The first-order valence-corrected chi connectivity index (χ1v) is 6.68. The molecule has 0 spiro atoms. The highest BCUT2D eigenvalue weighted by Crippen LogP contribution is 2.22. The monoisotopic (exact) mass is 291 g/mol. The zero-order chi connectivity index (χ0) is 15.4. The first-order valence-electron chi connectivity index (χ1n) is 6.68. The van der Waals surface area contributed by atoms with Gasteiger partial charge in [0, 0.05) is 12.6 Å². The van der Waals surface area contributed by atoms with Gasteiger partial charge >= 0.3 is 0 Å². The van der Waals surface area contributed by atoms with Crippen molar-refractivity contribution in [2.45, 2.75) is 26.9 Å². The standard InChI is InChI=1S/C15H18FN3O2/c1-4-12-8-13(19(3)17-12)9-21-15-6-5-11(16)7-14(15)10(2)18-20/h5-8,20H,4,9H2,1-3H3/b18-10+. The molecule has 2 rings (SSSR count). The van der Waals surface area contributed by atoms with Crippen molar-refractivity contribution in [3.8, 4) is 5.75 Å². The molecule has 0 bridgehead atoms. The summed E-state index contributed by atoms with van der Waals surface area (Å²) in [4.78, 5) is 0. The van der Waals surface area contributed by atoms with Gasteiger partial charge in [-0.2, -0.15) is 5.10 Å². The Balaban J connectivity index is 2.21. The fourth-order valence-electron chi connectivity index (χ4n) is 2.00. The molecule has 0 fully saturated rings. The zero-order valence-corrected chi connectivity index (χ0v) is 12.3. The van der Waals surface area contributed by atoms with Crippen molar-refractivity contribution in [2.24, 2.45) is 12.2 Å². The second-order valence-corrected chi connectivity index (χ2v) is 4.72. The lowest BCUT2D eigenvalue weighted by Crippen LogP contribution is -2.06. The van der Waals surface area contributed by atoms with Crippen molar-refractivity contribution in [3.63, 3.8) is 0 Å². The fourth-order valence-corrected chi connectivity index (χ4v) is 2.00. The van der Waals surface area contributed by atoms with Crippen LogP contribution in [-0.2, 0) is 20.1 Å². The summed E-state index contributed by atoms with van der Waals surface area (Å²) >= 11 is 0. The molecule has 0 unspecified atom stereocenters. The highest BCUT2D eigenvalue weighted by Gasteiger charge is 2.11. The Kier molecular flexibility index (Phi) is 4.57. The summed E-state index contributed by atoms with van der Waals surface area (Å²) in [5.41, 5.74) is 2.63. The lowest BCUT2D eigenvalue weighted by molar-refractivity contribution is 0.292. The quantitative estimate of drug-likeness (QED) is 0.523. The first-order chi connectivity index (χ1) is 10.0. The maximum Gasteiger partial charge on any atom is 0.130 e. The number of hydrogen-bond donors (Lipinski definition) is 1. The van der Waals surface area contributed by atoms with Crippen molar-refractivity contribution in [1.29, 1.82) is 0 Å². The van der Waals surface area contributed by atoms with Crippen LogP contribution in [0.25, 0.3) is 0 Å². The number of oxime groups is 1. The maximum absolute atomic E-state index is 13.3. The summed E-state index contributed by atoms with van der Waals surface area (Å²) in [6.07, 6.45) is 0.853. The van der Waals surface area contributed by atoms with Gasteiger partial charge in [-0.05, 0) is 37.6 Å². The minimum atomic E-state index is -0.408. The normalized spacial score (nSPS) is 11.7. The van der Waals surface area contributed by atoms with Gasteiger partial charge < -0.3 is 9.94 Å². The van der Waals surface area contributed by atoms with Crippen LogP contribution in [0.4, 0.5) is 4.39 Å². The molecule has 1 aromatic carbocycles. The van der Waals surface area contributed by atoms with Crippen LogP contribution < -0.4 is 4.74 Å². The van der Waals surface area contributed by atoms with Crippen LogP contribution in [0.1, 0.15) is 30.8 Å². The molecule has 6 heteroatoms. The summed E-state index contributed by atoms with van der Waals surface area (Å²) in [5, 5.41) is 16.3. The highest BCUT2D eigenvalue weighted by atomic mass is 19.1. The first kappa shape index (κ1) is 15.0. The molecule has 0 aliphatic rings. The third-order valence-electron chi connectivity index (χ3n) is 3.25. The van der Waals surface area contributed by atoms with E-state index < -0.39 is 5.82 Å². The van der Waals surface area contributed by atoms with E-state index in [2.05, 4.69) is 10.3 Å². The number of halogens is 1. The molecule has 0 saturated heterocycles. The number of hydrogen-bond acceptors (Lipinski definition) is 4. The Hall–Kier alpha value is -2.37. The van der Waals surface area contributed by atoms with E-state index in [9.17, 15) is 4.39 Å². The van der Waals surface area contributed by atoms with E-state index in [-0.39, 0.29) is 0 Å². The molecule has 0 atom stereocenters. The smallest absolute Gasteiger partial charge is 0.130 e. The SMILES string of the molecule is CCc1cc(COc2ccc(F)cc2/C(C)=N/O)n(C)n1. The van der Waals surface area contributed by atoms with Gasteiger partial charge in [0.2, 0.25) is 0 Å². The van der Waals surface area contributed by atoms with E-state index in [0.717, 1.165) is 17.8 Å². The van der Waals surface area contributed by atoms with Crippen LogP contribution in [0, 0.1) is 5.82 Å². The largest absolute Gasteiger partial charge is 0.487 e. The number of rotatable bonds is 5. The molecule has 1 heterocycles.